The number of amides is 1. The highest BCUT2D eigenvalue weighted by Gasteiger charge is 2.22. The first kappa shape index (κ1) is 18.3. The van der Waals surface area contributed by atoms with E-state index in [1.807, 2.05) is 24.3 Å². The molecule has 0 bridgehead atoms. The van der Waals surface area contributed by atoms with Crippen LogP contribution >= 0.6 is 12.4 Å². The van der Waals surface area contributed by atoms with Crippen LogP contribution in [0.2, 0.25) is 0 Å². The van der Waals surface area contributed by atoms with Gasteiger partial charge < -0.3 is 15.4 Å². The molecule has 1 aliphatic heterocycles. The molecule has 7 heteroatoms. The molecule has 2 aromatic rings. The van der Waals surface area contributed by atoms with Crippen LogP contribution < -0.4 is 15.4 Å². The summed E-state index contributed by atoms with van der Waals surface area (Å²) in [7, 11) is 1.63. The van der Waals surface area contributed by atoms with Crippen molar-refractivity contribution in [3.63, 3.8) is 0 Å². The van der Waals surface area contributed by atoms with Crippen LogP contribution in [0.25, 0.3) is 11.3 Å². The van der Waals surface area contributed by atoms with E-state index in [1.54, 1.807) is 13.3 Å². The van der Waals surface area contributed by atoms with Crippen LogP contribution in [-0.4, -0.2) is 41.8 Å². The van der Waals surface area contributed by atoms with Crippen molar-refractivity contribution in [2.45, 2.75) is 31.8 Å². The summed E-state index contributed by atoms with van der Waals surface area (Å²) in [6.45, 7) is 3.07. The zero-order chi connectivity index (χ0) is 16.2. The average Bonchev–Trinajstić information content (AvgIpc) is 3.05. The van der Waals surface area contributed by atoms with Crippen LogP contribution in [0.15, 0.2) is 30.5 Å². The lowest BCUT2D eigenvalue weighted by molar-refractivity contribution is 0.0926. The van der Waals surface area contributed by atoms with Crippen molar-refractivity contribution in [3.8, 4) is 17.0 Å². The van der Waals surface area contributed by atoms with Crippen molar-refractivity contribution in [1.29, 1.82) is 0 Å². The van der Waals surface area contributed by atoms with Gasteiger partial charge in [-0.15, -0.1) is 12.4 Å². The second kappa shape index (κ2) is 8.17. The summed E-state index contributed by atoms with van der Waals surface area (Å²) in [4.78, 5) is 12.6. The maximum atomic E-state index is 12.6. The maximum absolute atomic E-state index is 12.6. The number of methoxy groups -OCH3 is 1. The molecule has 0 aliphatic carbocycles. The number of aromatic nitrogens is 2. The molecule has 1 fully saturated rings. The highest BCUT2D eigenvalue weighted by atomic mass is 35.5. The summed E-state index contributed by atoms with van der Waals surface area (Å²) in [5.74, 6) is 0.701. The van der Waals surface area contributed by atoms with E-state index in [0.717, 1.165) is 36.4 Å². The minimum atomic E-state index is -0.0799. The van der Waals surface area contributed by atoms with Gasteiger partial charge in [-0.25, -0.2) is 0 Å². The Kier molecular flexibility index (Phi) is 6.23. The van der Waals surface area contributed by atoms with Gasteiger partial charge in [-0.1, -0.05) is 0 Å². The number of ether oxygens (including phenoxy) is 1. The lowest BCUT2D eigenvalue weighted by Gasteiger charge is -2.28. The van der Waals surface area contributed by atoms with Gasteiger partial charge in [-0.2, -0.15) is 5.10 Å². The number of benzene rings is 1. The summed E-state index contributed by atoms with van der Waals surface area (Å²) in [5, 5.41) is 13.5. The van der Waals surface area contributed by atoms with Gasteiger partial charge in [-0.05, 0) is 50.6 Å². The number of rotatable bonds is 4. The topological polar surface area (TPSA) is 79.0 Å². The molecule has 6 nitrogen and oxygen atoms in total. The van der Waals surface area contributed by atoms with Crippen LogP contribution in [0.5, 0.6) is 5.75 Å². The van der Waals surface area contributed by atoms with E-state index in [0.29, 0.717) is 11.6 Å². The quantitative estimate of drug-likeness (QED) is 0.791. The second-order valence-corrected chi connectivity index (χ2v) is 5.94. The zero-order valence-electron chi connectivity index (χ0n) is 13.8. The number of piperidine rings is 1. The van der Waals surface area contributed by atoms with Crippen molar-refractivity contribution in [2.75, 3.05) is 13.7 Å². The molecular formula is C17H23ClN4O2. The SMILES string of the molecule is COc1ccc(-c2[nH]ncc2C(=O)NC2CCNC(C)C2)cc1.Cl. The molecule has 24 heavy (non-hydrogen) atoms. The van der Waals surface area contributed by atoms with E-state index >= 15 is 0 Å². The number of hydrogen-bond acceptors (Lipinski definition) is 4. The summed E-state index contributed by atoms with van der Waals surface area (Å²) in [5.41, 5.74) is 2.21. The Hall–Kier alpha value is -2.05. The minimum Gasteiger partial charge on any atom is -0.497 e. The fourth-order valence-electron chi connectivity index (χ4n) is 2.96. The molecule has 1 aromatic heterocycles. The minimum absolute atomic E-state index is 0. The van der Waals surface area contributed by atoms with Crippen LogP contribution in [0.4, 0.5) is 0 Å². The molecule has 130 valence electrons. The van der Waals surface area contributed by atoms with Gasteiger partial charge in [-0.3, -0.25) is 9.89 Å². The molecule has 1 amide bonds. The summed E-state index contributed by atoms with van der Waals surface area (Å²) in [6.07, 6.45) is 3.48. The molecule has 2 heterocycles. The Labute approximate surface area is 147 Å². The fourth-order valence-corrected chi connectivity index (χ4v) is 2.96. The molecule has 1 saturated heterocycles. The van der Waals surface area contributed by atoms with Crippen molar-refractivity contribution in [1.82, 2.24) is 20.8 Å². The standard InChI is InChI=1S/C17H22N4O2.ClH/c1-11-9-13(7-8-18-11)20-17(22)15-10-19-21-16(15)12-3-5-14(23-2)6-4-12;/h3-6,10-11,13,18H,7-9H2,1-2H3,(H,19,21)(H,20,22);1H. The predicted molar refractivity (Wildman–Crippen MR) is 95.8 cm³/mol. The molecule has 0 spiro atoms. The van der Waals surface area contributed by atoms with Crippen molar-refractivity contribution < 1.29 is 9.53 Å². The second-order valence-electron chi connectivity index (χ2n) is 5.94. The van der Waals surface area contributed by atoms with E-state index in [-0.39, 0.29) is 24.4 Å². The molecule has 0 radical (unpaired) electrons. The third kappa shape index (κ3) is 4.07. The third-order valence-corrected chi connectivity index (χ3v) is 4.22. The van der Waals surface area contributed by atoms with Crippen molar-refractivity contribution in [2.24, 2.45) is 0 Å². The average molecular weight is 351 g/mol. The fraction of sp³-hybridized carbons (Fsp3) is 0.412. The normalized spacial score (nSPS) is 20.1. The molecule has 2 atom stereocenters. The maximum Gasteiger partial charge on any atom is 0.255 e. The number of nitrogens with zero attached hydrogens (tertiary/aromatic N) is 1. The Morgan fingerprint density at radius 1 is 1.33 bits per heavy atom. The number of halogens is 1. The molecule has 2 unspecified atom stereocenters. The Morgan fingerprint density at radius 2 is 2.08 bits per heavy atom. The smallest absolute Gasteiger partial charge is 0.255 e. The van der Waals surface area contributed by atoms with Crippen molar-refractivity contribution in [3.05, 3.63) is 36.0 Å². The number of aromatic amines is 1. The molecule has 0 saturated carbocycles. The highest BCUT2D eigenvalue weighted by molar-refractivity contribution is 5.99. The summed E-state index contributed by atoms with van der Waals surface area (Å²) < 4.78 is 5.16. The third-order valence-electron chi connectivity index (χ3n) is 4.22. The van der Waals surface area contributed by atoms with E-state index in [2.05, 4.69) is 27.8 Å². The van der Waals surface area contributed by atoms with E-state index < -0.39 is 0 Å². The lowest BCUT2D eigenvalue weighted by atomic mass is 10.00. The molecular weight excluding hydrogens is 328 g/mol. The Bertz CT molecular complexity index is 671. The Balaban J connectivity index is 0.00000208. The van der Waals surface area contributed by atoms with Gasteiger partial charge in [0.05, 0.1) is 24.6 Å². The van der Waals surface area contributed by atoms with E-state index in [4.69, 9.17) is 4.74 Å². The van der Waals surface area contributed by atoms with Crippen molar-refractivity contribution >= 4 is 18.3 Å². The highest BCUT2D eigenvalue weighted by Crippen LogP contribution is 2.24. The van der Waals surface area contributed by atoms with E-state index in [1.165, 1.54) is 0 Å². The van der Waals surface area contributed by atoms with Gasteiger partial charge in [0.25, 0.3) is 5.91 Å². The largest absolute Gasteiger partial charge is 0.497 e. The van der Waals surface area contributed by atoms with Crippen LogP contribution in [0.1, 0.15) is 30.1 Å². The number of H-pyrrole nitrogens is 1. The number of carbonyl (C=O) groups is 1. The monoisotopic (exact) mass is 350 g/mol. The number of carbonyl (C=O) groups excluding carboxylic acids is 1. The molecule has 3 N–H and O–H groups in total. The van der Waals surface area contributed by atoms with Gasteiger partial charge in [0, 0.05) is 17.6 Å². The number of hydrogen-bond donors (Lipinski definition) is 3. The number of nitrogens with one attached hydrogen (secondary N) is 3. The van der Waals surface area contributed by atoms with Crippen LogP contribution in [0, 0.1) is 0 Å². The summed E-state index contributed by atoms with van der Waals surface area (Å²) in [6, 6.07) is 8.20. The van der Waals surface area contributed by atoms with Gasteiger partial charge in [0.2, 0.25) is 0 Å². The molecule has 3 rings (SSSR count). The van der Waals surface area contributed by atoms with Gasteiger partial charge in [0.1, 0.15) is 5.75 Å². The first-order valence-electron chi connectivity index (χ1n) is 7.89. The predicted octanol–water partition coefficient (Wildman–Crippen LogP) is 2.38. The van der Waals surface area contributed by atoms with Gasteiger partial charge >= 0.3 is 0 Å². The summed E-state index contributed by atoms with van der Waals surface area (Å²) >= 11 is 0. The van der Waals surface area contributed by atoms with Gasteiger partial charge in [0.15, 0.2) is 0 Å². The molecule has 1 aromatic carbocycles. The molecule has 1 aliphatic rings. The Morgan fingerprint density at radius 3 is 2.75 bits per heavy atom. The van der Waals surface area contributed by atoms with Crippen LogP contribution in [-0.2, 0) is 0 Å². The first-order chi connectivity index (χ1) is 11.2. The lowest BCUT2D eigenvalue weighted by Crippen LogP contribution is -2.46. The van der Waals surface area contributed by atoms with Crippen LogP contribution in [0.3, 0.4) is 0 Å². The zero-order valence-corrected chi connectivity index (χ0v) is 14.7. The van der Waals surface area contributed by atoms with E-state index in [9.17, 15) is 4.79 Å². The first-order valence-corrected chi connectivity index (χ1v) is 7.89.